The monoisotopic (exact) mass is 351 g/mol. The summed E-state index contributed by atoms with van der Waals surface area (Å²) < 4.78 is 11.6. The second-order valence-electron chi connectivity index (χ2n) is 4.44. The van der Waals surface area contributed by atoms with Crippen molar-refractivity contribution < 1.29 is 14.6 Å². The topological polar surface area (TPSA) is 50.7 Å². The van der Waals surface area contributed by atoms with Crippen LogP contribution in [0.25, 0.3) is 0 Å². The zero-order chi connectivity index (χ0) is 15.2. The van der Waals surface area contributed by atoms with E-state index in [0.29, 0.717) is 18.9 Å². The number of ether oxygens (including phenoxy) is 2. The van der Waals surface area contributed by atoms with Crippen LogP contribution >= 0.6 is 15.9 Å². The van der Waals surface area contributed by atoms with Gasteiger partial charge < -0.3 is 19.9 Å². The van der Waals surface area contributed by atoms with Crippen LogP contribution in [-0.4, -0.2) is 18.8 Å². The van der Waals surface area contributed by atoms with Gasteiger partial charge in [0.2, 0.25) is 0 Å². The summed E-state index contributed by atoms with van der Waals surface area (Å²) in [5.74, 6) is 1.44. The molecule has 0 saturated heterocycles. The summed E-state index contributed by atoms with van der Waals surface area (Å²) in [7, 11) is 1.64. The van der Waals surface area contributed by atoms with E-state index in [1.54, 1.807) is 13.2 Å². The van der Waals surface area contributed by atoms with E-state index in [2.05, 4.69) is 21.2 Å². The fraction of sp³-hybridized carbons (Fsp3) is 0.250. The van der Waals surface area contributed by atoms with Crippen LogP contribution in [0.5, 0.6) is 17.2 Å². The molecule has 0 fully saturated rings. The lowest BCUT2D eigenvalue weighted by molar-refractivity contribution is 0.318. The lowest BCUT2D eigenvalue weighted by atomic mass is 10.2. The molecule has 0 aliphatic heterocycles. The maximum absolute atomic E-state index is 9.68. The Morgan fingerprint density at radius 1 is 1.14 bits per heavy atom. The summed E-state index contributed by atoms with van der Waals surface area (Å²) in [5, 5.41) is 13.0. The van der Waals surface area contributed by atoms with E-state index in [4.69, 9.17) is 9.47 Å². The lowest BCUT2D eigenvalue weighted by Gasteiger charge is -2.11. The number of methoxy groups -OCH3 is 1. The molecule has 112 valence electrons. The average molecular weight is 352 g/mol. The Morgan fingerprint density at radius 2 is 1.95 bits per heavy atom. The number of hydrogen-bond donors (Lipinski definition) is 2. The second-order valence-corrected chi connectivity index (χ2v) is 5.29. The fourth-order valence-corrected chi connectivity index (χ4v) is 2.32. The van der Waals surface area contributed by atoms with Crippen molar-refractivity contribution in [3.63, 3.8) is 0 Å². The lowest BCUT2D eigenvalue weighted by Crippen LogP contribution is -2.01. The number of phenols is 1. The summed E-state index contributed by atoms with van der Waals surface area (Å²) in [6, 6.07) is 11.2. The number of halogens is 1. The fourth-order valence-electron chi connectivity index (χ4n) is 1.91. The highest BCUT2D eigenvalue weighted by Gasteiger charge is 2.05. The summed E-state index contributed by atoms with van der Waals surface area (Å²) in [4.78, 5) is 0. The molecule has 0 amide bonds. The van der Waals surface area contributed by atoms with Crippen LogP contribution in [0.1, 0.15) is 12.5 Å². The highest BCUT2D eigenvalue weighted by atomic mass is 79.9. The van der Waals surface area contributed by atoms with Gasteiger partial charge in [0.15, 0.2) is 11.5 Å². The van der Waals surface area contributed by atoms with Crippen LogP contribution in [0.4, 0.5) is 5.69 Å². The van der Waals surface area contributed by atoms with Crippen molar-refractivity contribution in [1.82, 2.24) is 0 Å². The molecule has 0 aliphatic rings. The predicted octanol–water partition coefficient (Wildman–Crippen LogP) is 4.17. The maximum Gasteiger partial charge on any atom is 0.161 e. The largest absolute Gasteiger partial charge is 0.504 e. The molecule has 0 aromatic heterocycles. The van der Waals surface area contributed by atoms with Crippen molar-refractivity contribution in [1.29, 1.82) is 0 Å². The molecule has 0 heterocycles. The first-order chi connectivity index (χ1) is 10.1. The number of benzene rings is 2. The SMILES string of the molecule is CCOc1cc(CNc2ccc(Br)c(OC)c2)ccc1O. The van der Waals surface area contributed by atoms with Crippen molar-refractivity contribution in [3.8, 4) is 17.2 Å². The molecule has 0 unspecified atom stereocenters. The van der Waals surface area contributed by atoms with Crippen molar-refractivity contribution in [2.24, 2.45) is 0 Å². The Bertz CT molecular complexity index is 616. The van der Waals surface area contributed by atoms with Crippen molar-refractivity contribution >= 4 is 21.6 Å². The molecule has 0 bridgehead atoms. The van der Waals surface area contributed by atoms with Gasteiger partial charge in [-0.05, 0) is 52.7 Å². The van der Waals surface area contributed by atoms with Crippen LogP contribution < -0.4 is 14.8 Å². The molecule has 0 spiro atoms. The highest BCUT2D eigenvalue weighted by Crippen LogP contribution is 2.29. The quantitative estimate of drug-likeness (QED) is 0.819. The van der Waals surface area contributed by atoms with Crippen LogP contribution in [-0.2, 0) is 6.54 Å². The molecular formula is C16H18BrNO3. The minimum atomic E-state index is 0.158. The Hall–Kier alpha value is -1.88. The van der Waals surface area contributed by atoms with Gasteiger partial charge in [-0.15, -0.1) is 0 Å². The van der Waals surface area contributed by atoms with Gasteiger partial charge in [-0.25, -0.2) is 0 Å². The molecule has 0 radical (unpaired) electrons. The molecule has 0 saturated carbocycles. The van der Waals surface area contributed by atoms with Crippen LogP contribution in [0.2, 0.25) is 0 Å². The van der Waals surface area contributed by atoms with Gasteiger partial charge in [-0.2, -0.15) is 0 Å². The van der Waals surface area contributed by atoms with Gasteiger partial charge in [0.1, 0.15) is 5.75 Å². The summed E-state index contributed by atoms with van der Waals surface area (Å²) >= 11 is 3.42. The third kappa shape index (κ3) is 4.04. The molecular weight excluding hydrogens is 334 g/mol. The average Bonchev–Trinajstić information content (AvgIpc) is 2.49. The Labute approximate surface area is 132 Å². The minimum Gasteiger partial charge on any atom is -0.504 e. The second kappa shape index (κ2) is 7.22. The van der Waals surface area contributed by atoms with E-state index >= 15 is 0 Å². The van der Waals surface area contributed by atoms with Crippen molar-refractivity contribution in [3.05, 3.63) is 46.4 Å². The number of hydrogen-bond acceptors (Lipinski definition) is 4. The number of anilines is 1. The van der Waals surface area contributed by atoms with E-state index in [0.717, 1.165) is 21.5 Å². The predicted molar refractivity (Wildman–Crippen MR) is 87.3 cm³/mol. The molecule has 4 nitrogen and oxygen atoms in total. The number of nitrogens with one attached hydrogen (secondary N) is 1. The van der Waals surface area contributed by atoms with Crippen LogP contribution in [0, 0.1) is 0 Å². The standard InChI is InChI=1S/C16H18BrNO3/c1-3-21-16-8-11(4-7-14(16)19)10-18-12-5-6-13(17)15(9-12)20-2/h4-9,18-19H,3,10H2,1-2H3. The number of aromatic hydroxyl groups is 1. The first kappa shape index (κ1) is 15.5. The molecule has 2 aromatic rings. The van der Waals surface area contributed by atoms with Gasteiger partial charge in [-0.1, -0.05) is 6.07 Å². The van der Waals surface area contributed by atoms with E-state index in [1.807, 2.05) is 37.3 Å². The summed E-state index contributed by atoms with van der Waals surface area (Å²) in [6.07, 6.45) is 0. The zero-order valence-corrected chi connectivity index (χ0v) is 13.6. The third-order valence-electron chi connectivity index (χ3n) is 2.97. The van der Waals surface area contributed by atoms with Crippen LogP contribution in [0.3, 0.4) is 0 Å². The molecule has 5 heteroatoms. The molecule has 2 rings (SSSR count). The van der Waals surface area contributed by atoms with Gasteiger partial charge in [0.25, 0.3) is 0 Å². The van der Waals surface area contributed by atoms with Crippen LogP contribution in [0.15, 0.2) is 40.9 Å². The molecule has 21 heavy (non-hydrogen) atoms. The van der Waals surface area contributed by atoms with Crippen molar-refractivity contribution in [2.45, 2.75) is 13.5 Å². The Morgan fingerprint density at radius 3 is 2.67 bits per heavy atom. The zero-order valence-electron chi connectivity index (χ0n) is 12.0. The van der Waals surface area contributed by atoms with Gasteiger partial charge >= 0.3 is 0 Å². The number of phenolic OH excluding ortho intramolecular Hbond substituents is 1. The Balaban J connectivity index is 2.07. The van der Waals surface area contributed by atoms with E-state index in [9.17, 15) is 5.11 Å². The van der Waals surface area contributed by atoms with Gasteiger partial charge in [0, 0.05) is 18.3 Å². The molecule has 0 atom stereocenters. The number of rotatable bonds is 6. The van der Waals surface area contributed by atoms with Gasteiger partial charge in [-0.3, -0.25) is 0 Å². The maximum atomic E-state index is 9.68. The van der Waals surface area contributed by atoms with Crippen molar-refractivity contribution in [2.75, 3.05) is 19.0 Å². The van der Waals surface area contributed by atoms with Gasteiger partial charge in [0.05, 0.1) is 18.2 Å². The normalized spacial score (nSPS) is 10.2. The highest BCUT2D eigenvalue weighted by molar-refractivity contribution is 9.10. The minimum absolute atomic E-state index is 0.158. The summed E-state index contributed by atoms with van der Waals surface area (Å²) in [5.41, 5.74) is 1.99. The smallest absolute Gasteiger partial charge is 0.161 e. The molecule has 2 aromatic carbocycles. The molecule has 2 N–H and O–H groups in total. The first-order valence-corrected chi connectivity index (χ1v) is 7.45. The van der Waals surface area contributed by atoms with E-state index in [-0.39, 0.29) is 5.75 Å². The Kier molecular flexibility index (Phi) is 5.33. The first-order valence-electron chi connectivity index (χ1n) is 6.66. The summed E-state index contributed by atoms with van der Waals surface area (Å²) in [6.45, 7) is 3.04. The van der Waals surface area contributed by atoms with E-state index < -0.39 is 0 Å². The van der Waals surface area contributed by atoms with E-state index in [1.165, 1.54) is 0 Å². The third-order valence-corrected chi connectivity index (χ3v) is 3.63. The molecule has 0 aliphatic carbocycles.